The number of carbonyl (C=O) groups is 5. The lowest BCUT2D eigenvalue weighted by atomic mass is 9.78. The standard InChI is InChI=1S/C49H79NO13/c1-30-17-13-11-9-10-12-14-18-36(59-6)28-37-22-20-34(5)49(58,63-37)46(55)47(56)50-24-16-15-19-38(50)48(57)62-41(32(3)26-35-21-23-39(51)42(27-35)60-7)29-40(52)31(2)25-33(4)44(54)45(61-8)43(30)53/h9,11,25,30-32,34-39,41-42,44-45,51,54,58H,10,12-24,26-29H2,1-8H3/b11-9+,33-25-/t30-,31-,32-,34-,35-,36-,37+,38+,39-,41+,42-,44-,45+,49-/m1/s1. The van der Waals surface area contributed by atoms with E-state index < -0.39 is 71.8 Å². The average Bonchev–Trinajstić information content (AvgIpc) is 3.27. The van der Waals surface area contributed by atoms with Crippen LogP contribution in [-0.2, 0) is 47.7 Å². The Morgan fingerprint density at radius 3 is 2.25 bits per heavy atom. The molecule has 1 amide bonds. The summed E-state index contributed by atoms with van der Waals surface area (Å²) in [6, 6.07) is -1.12. The second kappa shape index (κ2) is 25.2. The highest BCUT2D eigenvalue weighted by Gasteiger charge is 2.53. The molecule has 1 saturated carbocycles. The van der Waals surface area contributed by atoms with Crippen molar-refractivity contribution in [3.05, 3.63) is 23.8 Å². The third-order valence-electron chi connectivity index (χ3n) is 14.4. The quantitative estimate of drug-likeness (QED) is 0.160. The smallest absolute Gasteiger partial charge is 0.329 e. The first-order chi connectivity index (χ1) is 29.9. The number of piperidine rings is 1. The van der Waals surface area contributed by atoms with E-state index in [1.165, 1.54) is 12.0 Å². The number of rotatable bonds is 6. The van der Waals surface area contributed by atoms with E-state index in [9.17, 15) is 39.3 Å². The summed E-state index contributed by atoms with van der Waals surface area (Å²) in [6.45, 7) is 8.89. The molecule has 3 fully saturated rings. The number of cyclic esters (lactones) is 1. The zero-order valence-electron chi connectivity index (χ0n) is 39.3. The summed E-state index contributed by atoms with van der Waals surface area (Å²) >= 11 is 0. The van der Waals surface area contributed by atoms with Gasteiger partial charge in [0.05, 0.1) is 24.4 Å². The molecular formula is C49H79NO13. The summed E-state index contributed by atoms with van der Waals surface area (Å²) in [5.74, 6) is -7.69. The number of aliphatic hydroxyl groups is 3. The van der Waals surface area contributed by atoms with Gasteiger partial charge in [-0.2, -0.15) is 0 Å². The number of esters is 1. The van der Waals surface area contributed by atoms with Crippen LogP contribution in [0.2, 0.25) is 0 Å². The molecule has 2 bridgehead atoms. The molecule has 14 nitrogen and oxygen atoms in total. The highest BCUT2D eigenvalue weighted by molar-refractivity contribution is 6.39. The van der Waals surface area contributed by atoms with Crippen molar-refractivity contribution < 1.29 is 63.0 Å². The first kappa shape index (κ1) is 52.8. The first-order valence-electron chi connectivity index (χ1n) is 23.8. The van der Waals surface area contributed by atoms with Crippen LogP contribution >= 0.6 is 0 Å². The summed E-state index contributed by atoms with van der Waals surface area (Å²) in [5.41, 5.74) is 0.404. The van der Waals surface area contributed by atoms with Crippen molar-refractivity contribution in [2.45, 2.75) is 198 Å². The molecule has 4 rings (SSSR count). The molecule has 1 aliphatic carbocycles. The molecule has 3 aliphatic heterocycles. The lowest BCUT2D eigenvalue weighted by Gasteiger charge is -2.42. The number of allylic oxidation sites excluding steroid dienone is 3. The maximum absolute atomic E-state index is 14.3. The maximum atomic E-state index is 14.3. The van der Waals surface area contributed by atoms with Crippen LogP contribution in [0.4, 0.5) is 0 Å². The molecule has 3 N–H and O–H groups in total. The number of Topliss-reactive ketones (excluding diaryl/α,β-unsaturated/α-hetero) is 3. The Hall–Kier alpha value is -2.85. The van der Waals surface area contributed by atoms with E-state index in [0.717, 1.165) is 32.1 Å². The minimum atomic E-state index is -2.38. The van der Waals surface area contributed by atoms with Gasteiger partial charge < -0.3 is 43.9 Å². The summed E-state index contributed by atoms with van der Waals surface area (Å²) < 4.78 is 29.3. The molecule has 0 aromatic rings. The van der Waals surface area contributed by atoms with Gasteiger partial charge in [0.15, 0.2) is 5.78 Å². The Kier molecular flexibility index (Phi) is 21.1. The number of ether oxygens (including phenoxy) is 5. The van der Waals surface area contributed by atoms with Crippen LogP contribution in [0.15, 0.2) is 23.8 Å². The number of amides is 1. The van der Waals surface area contributed by atoms with Crippen LogP contribution in [-0.4, -0.2) is 132 Å². The SMILES string of the molecule is CO[C@@H]1CCCC/C=C/CC[C@@H](C)C(=O)[C@H](OC)[C@H](O)/C(C)=C\[C@@H](C)C(=O)C[C@@H]([C@H](C)C[C@H]2CC[C@@H](O)[C@H](OC)C2)OC(=O)[C@@H]2CCCCN2C(=O)C(=O)[C@]2(O)O[C@@H](CC[C@H]2C)C1. The van der Waals surface area contributed by atoms with E-state index >= 15 is 0 Å². The monoisotopic (exact) mass is 890 g/mol. The Bertz CT molecular complexity index is 1580. The fraction of sp³-hybridized carbons (Fsp3) is 0.816. The molecule has 63 heavy (non-hydrogen) atoms. The van der Waals surface area contributed by atoms with Gasteiger partial charge in [0.25, 0.3) is 11.7 Å². The Morgan fingerprint density at radius 2 is 1.56 bits per heavy atom. The van der Waals surface area contributed by atoms with Crippen LogP contribution in [0.5, 0.6) is 0 Å². The Morgan fingerprint density at radius 1 is 0.841 bits per heavy atom. The Labute approximate surface area is 375 Å². The molecule has 0 aromatic heterocycles. The van der Waals surface area contributed by atoms with Gasteiger partial charge in [-0.05, 0) is 121 Å². The molecule has 14 atom stereocenters. The van der Waals surface area contributed by atoms with Gasteiger partial charge in [0.2, 0.25) is 5.79 Å². The summed E-state index contributed by atoms with van der Waals surface area (Å²) in [5, 5.41) is 33.7. The summed E-state index contributed by atoms with van der Waals surface area (Å²) in [7, 11) is 4.59. The van der Waals surface area contributed by atoms with E-state index in [2.05, 4.69) is 12.2 Å². The predicted molar refractivity (Wildman–Crippen MR) is 236 cm³/mol. The van der Waals surface area contributed by atoms with Crippen LogP contribution in [0, 0.1) is 29.6 Å². The lowest BCUT2D eigenvalue weighted by Crippen LogP contribution is -2.61. The lowest BCUT2D eigenvalue weighted by molar-refractivity contribution is -0.266. The molecule has 4 aliphatic rings. The number of carbonyl (C=O) groups excluding carboxylic acids is 5. The van der Waals surface area contributed by atoms with Crippen LogP contribution in [0.25, 0.3) is 0 Å². The van der Waals surface area contributed by atoms with E-state index in [4.69, 9.17) is 23.7 Å². The minimum absolute atomic E-state index is 0.105. The molecule has 3 heterocycles. The van der Waals surface area contributed by atoms with Crippen molar-refractivity contribution in [1.29, 1.82) is 0 Å². The number of aliphatic hydroxyl groups excluding tert-OH is 2. The molecule has 14 heteroatoms. The zero-order chi connectivity index (χ0) is 46.4. The fourth-order valence-corrected chi connectivity index (χ4v) is 10.0. The van der Waals surface area contributed by atoms with Crippen molar-refractivity contribution >= 4 is 29.2 Å². The third-order valence-corrected chi connectivity index (χ3v) is 14.4. The van der Waals surface area contributed by atoms with Crippen LogP contribution in [0.1, 0.15) is 144 Å². The molecule has 0 aromatic carbocycles. The topological polar surface area (TPSA) is 195 Å². The predicted octanol–water partition coefficient (Wildman–Crippen LogP) is 5.99. The van der Waals surface area contributed by atoms with Crippen molar-refractivity contribution in [2.75, 3.05) is 27.9 Å². The van der Waals surface area contributed by atoms with Crippen LogP contribution in [0.3, 0.4) is 0 Å². The second-order valence-corrected chi connectivity index (χ2v) is 19.2. The van der Waals surface area contributed by atoms with Gasteiger partial charge in [-0.25, -0.2) is 4.79 Å². The first-order valence-corrected chi connectivity index (χ1v) is 23.8. The number of nitrogens with zero attached hydrogens (tertiary/aromatic N) is 1. The molecule has 0 radical (unpaired) electrons. The van der Waals surface area contributed by atoms with E-state index in [1.807, 2.05) is 13.8 Å². The number of methoxy groups -OCH3 is 3. The summed E-state index contributed by atoms with van der Waals surface area (Å²) in [4.78, 5) is 71.4. The minimum Gasteiger partial charge on any atom is -0.460 e. The van der Waals surface area contributed by atoms with Gasteiger partial charge in [0.1, 0.15) is 30.1 Å². The van der Waals surface area contributed by atoms with Crippen molar-refractivity contribution in [3.8, 4) is 0 Å². The number of hydrogen-bond acceptors (Lipinski definition) is 13. The summed E-state index contributed by atoms with van der Waals surface area (Å²) in [6.07, 6.45) is 10.6. The van der Waals surface area contributed by atoms with Gasteiger partial charge in [-0.15, -0.1) is 0 Å². The van der Waals surface area contributed by atoms with E-state index in [0.29, 0.717) is 69.8 Å². The number of ketones is 3. The van der Waals surface area contributed by atoms with Crippen molar-refractivity contribution in [2.24, 2.45) is 29.6 Å². The normalized spacial score (nSPS) is 39.1. The molecule has 2 saturated heterocycles. The second-order valence-electron chi connectivity index (χ2n) is 19.2. The largest absolute Gasteiger partial charge is 0.460 e. The highest BCUT2D eigenvalue weighted by atomic mass is 16.6. The third kappa shape index (κ3) is 14.3. The van der Waals surface area contributed by atoms with Crippen molar-refractivity contribution in [1.82, 2.24) is 4.90 Å². The molecule has 0 unspecified atom stereocenters. The maximum Gasteiger partial charge on any atom is 0.329 e. The fourth-order valence-electron chi connectivity index (χ4n) is 10.0. The molecule has 0 spiro atoms. The number of hydrogen-bond donors (Lipinski definition) is 3. The van der Waals surface area contributed by atoms with Gasteiger partial charge in [0, 0.05) is 52.0 Å². The number of fused-ring (bicyclic) bond motifs is 3. The van der Waals surface area contributed by atoms with Gasteiger partial charge in [-0.3, -0.25) is 19.2 Å². The van der Waals surface area contributed by atoms with E-state index in [-0.39, 0.29) is 60.9 Å². The van der Waals surface area contributed by atoms with Crippen LogP contribution < -0.4 is 0 Å². The van der Waals surface area contributed by atoms with Gasteiger partial charge in [-0.1, -0.05) is 52.3 Å². The molecule has 358 valence electrons. The molecular weight excluding hydrogens is 811 g/mol. The average molecular weight is 890 g/mol. The van der Waals surface area contributed by atoms with Gasteiger partial charge >= 0.3 is 5.97 Å². The Balaban J connectivity index is 1.64. The zero-order valence-corrected chi connectivity index (χ0v) is 39.3. The van der Waals surface area contributed by atoms with Crippen molar-refractivity contribution in [3.63, 3.8) is 0 Å². The van der Waals surface area contributed by atoms with E-state index in [1.54, 1.807) is 41.1 Å². The highest BCUT2D eigenvalue weighted by Crippen LogP contribution is 2.37.